The van der Waals surface area contributed by atoms with Crippen molar-refractivity contribution in [2.75, 3.05) is 5.73 Å². The Labute approximate surface area is 102 Å². The lowest BCUT2D eigenvalue weighted by molar-refractivity contribution is 0.601. The fourth-order valence-corrected chi connectivity index (χ4v) is 3.93. The van der Waals surface area contributed by atoms with Crippen molar-refractivity contribution in [2.45, 2.75) is 51.9 Å². The first-order valence-corrected chi connectivity index (χ1v) is 7.06. The van der Waals surface area contributed by atoms with E-state index in [0.29, 0.717) is 5.92 Å². The smallest absolute Gasteiger partial charge is 0.0938 e. The Bertz CT molecular complexity index is 403. The normalized spacial score (nSPS) is 19.5. The fraction of sp³-hybridized carbons (Fsp3) is 0.571. The van der Waals surface area contributed by atoms with Gasteiger partial charge >= 0.3 is 0 Å². The van der Waals surface area contributed by atoms with Crippen molar-refractivity contribution < 1.29 is 0 Å². The second-order valence-corrected chi connectivity index (χ2v) is 5.91. The van der Waals surface area contributed by atoms with Gasteiger partial charge in [-0.2, -0.15) is 0 Å². The van der Waals surface area contributed by atoms with E-state index in [4.69, 9.17) is 5.73 Å². The van der Waals surface area contributed by atoms with E-state index in [2.05, 4.69) is 20.4 Å². The first-order chi connectivity index (χ1) is 7.65. The minimum atomic E-state index is 0.694. The summed E-state index contributed by atoms with van der Waals surface area (Å²) in [6.07, 6.45) is 6.04. The van der Waals surface area contributed by atoms with Crippen LogP contribution in [0.2, 0.25) is 0 Å². The third kappa shape index (κ3) is 1.91. The lowest BCUT2D eigenvalue weighted by Crippen LogP contribution is -2.05. The van der Waals surface area contributed by atoms with Crippen molar-refractivity contribution in [2.24, 2.45) is 0 Å². The third-order valence-electron chi connectivity index (χ3n) is 3.48. The number of nitrogens with two attached hydrogens (primary N) is 1. The topological polar surface area (TPSA) is 26.0 Å². The lowest BCUT2D eigenvalue weighted by Gasteiger charge is -2.19. The van der Waals surface area contributed by atoms with Gasteiger partial charge in [-0.15, -0.1) is 11.3 Å². The van der Waals surface area contributed by atoms with Gasteiger partial charge in [-0.3, -0.25) is 0 Å². The molecule has 1 aliphatic carbocycles. The van der Waals surface area contributed by atoms with Gasteiger partial charge in [0.05, 0.1) is 5.00 Å². The van der Waals surface area contributed by atoms with Crippen molar-refractivity contribution in [1.82, 2.24) is 0 Å². The van der Waals surface area contributed by atoms with Crippen LogP contribution in [0.15, 0.2) is 6.58 Å². The maximum absolute atomic E-state index is 6.17. The molecule has 16 heavy (non-hydrogen) atoms. The number of hydrogen-bond donors (Lipinski definition) is 1. The Morgan fingerprint density at radius 2 is 2.31 bits per heavy atom. The van der Waals surface area contributed by atoms with Crippen molar-refractivity contribution in [3.05, 3.63) is 22.6 Å². The van der Waals surface area contributed by atoms with Crippen molar-refractivity contribution >= 4 is 21.9 Å². The number of allylic oxidation sites excluding steroid dienone is 1. The summed E-state index contributed by atoms with van der Waals surface area (Å²) in [7, 11) is 0. The van der Waals surface area contributed by atoms with E-state index in [1.54, 1.807) is 11.3 Å². The van der Waals surface area contributed by atoms with E-state index >= 15 is 0 Å². The molecule has 88 valence electrons. The van der Waals surface area contributed by atoms with Crippen molar-refractivity contribution in [3.63, 3.8) is 0 Å². The molecule has 1 nitrogen and oxygen atoms in total. The zero-order chi connectivity index (χ0) is 11.7. The van der Waals surface area contributed by atoms with E-state index in [-0.39, 0.29) is 0 Å². The molecule has 0 bridgehead atoms. The van der Waals surface area contributed by atoms with E-state index in [9.17, 15) is 0 Å². The van der Waals surface area contributed by atoms with Gasteiger partial charge in [-0.25, -0.2) is 0 Å². The summed E-state index contributed by atoms with van der Waals surface area (Å²) in [6, 6.07) is 0. The van der Waals surface area contributed by atoms with Crippen molar-refractivity contribution in [3.8, 4) is 0 Å². The zero-order valence-corrected chi connectivity index (χ0v) is 11.1. The van der Waals surface area contributed by atoms with Gasteiger partial charge in [-0.1, -0.05) is 26.8 Å². The van der Waals surface area contributed by atoms with Gasteiger partial charge in [0, 0.05) is 10.4 Å². The summed E-state index contributed by atoms with van der Waals surface area (Å²) in [5.74, 6) is 0.694. The van der Waals surface area contributed by atoms with Gasteiger partial charge in [0.15, 0.2) is 0 Å². The Balaban J connectivity index is 2.42. The van der Waals surface area contributed by atoms with Crippen LogP contribution in [-0.4, -0.2) is 0 Å². The molecule has 0 saturated carbocycles. The highest BCUT2D eigenvalue weighted by molar-refractivity contribution is 7.16. The molecule has 1 aromatic heterocycles. The van der Waals surface area contributed by atoms with Crippen LogP contribution in [0.5, 0.6) is 0 Å². The predicted molar refractivity (Wildman–Crippen MR) is 74.0 cm³/mol. The minimum Gasteiger partial charge on any atom is -0.390 e. The molecular formula is C14H21NS. The molecule has 0 saturated heterocycles. The quantitative estimate of drug-likeness (QED) is 0.815. The molecule has 1 unspecified atom stereocenters. The highest BCUT2D eigenvalue weighted by atomic mass is 32.1. The molecule has 0 aromatic carbocycles. The molecule has 1 atom stereocenters. The van der Waals surface area contributed by atoms with E-state index in [1.807, 2.05) is 0 Å². The van der Waals surface area contributed by atoms with Gasteiger partial charge in [0.1, 0.15) is 0 Å². The molecule has 0 fully saturated rings. The molecule has 0 amide bonds. The maximum atomic E-state index is 6.17. The molecule has 2 heteroatoms. The third-order valence-corrected chi connectivity index (χ3v) is 4.78. The van der Waals surface area contributed by atoms with E-state index in [0.717, 1.165) is 17.8 Å². The number of thiophene rings is 1. The second kappa shape index (κ2) is 4.62. The van der Waals surface area contributed by atoms with Crippen molar-refractivity contribution in [1.29, 1.82) is 0 Å². The summed E-state index contributed by atoms with van der Waals surface area (Å²) < 4.78 is 0. The SMILES string of the molecule is C=C(CCC)c1c(N)sc2c1CCCC2C. The summed E-state index contributed by atoms with van der Waals surface area (Å²) in [5.41, 5.74) is 10.2. The van der Waals surface area contributed by atoms with Crippen LogP contribution in [0.4, 0.5) is 5.00 Å². The minimum absolute atomic E-state index is 0.694. The van der Waals surface area contributed by atoms with Crippen LogP contribution in [0.3, 0.4) is 0 Å². The van der Waals surface area contributed by atoms with Gasteiger partial charge in [-0.05, 0) is 42.7 Å². The molecule has 1 aromatic rings. The molecule has 1 heterocycles. The lowest BCUT2D eigenvalue weighted by atomic mass is 9.86. The molecule has 2 N–H and O–H groups in total. The largest absolute Gasteiger partial charge is 0.390 e. The Morgan fingerprint density at radius 3 is 3.00 bits per heavy atom. The first-order valence-electron chi connectivity index (χ1n) is 6.24. The fourth-order valence-electron chi connectivity index (χ4n) is 2.68. The van der Waals surface area contributed by atoms with Gasteiger partial charge in [0.25, 0.3) is 0 Å². The number of rotatable bonds is 3. The Kier molecular flexibility index (Phi) is 3.38. The first kappa shape index (κ1) is 11.7. The summed E-state index contributed by atoms with van der Waals surface area (Å²) in [6.45, 7) is 8.72. The van der Waals surface area contributed by atoms with Crippen LogP contribution in [0.25, 0.3) is 5.57 Å². The van der Waals surface area contributed by atoms with Crippen LogP contribution in [-0.2, 0) is 6.42 Å². The van der Waals surface area contributed by atoms with Gasteiger partial charge in [0.2, 0.25) is 0 Å². The Morgan fingerprint density at radius 1 is 1.56 bits per heavy atom. The second-order valence-electron chi connectivity index (χ2n) is 4.83. The van der Waals surface area contributed by atoms with Crippen LogP contribution in [0, 0.1) is 0 Å². The molecule has 1 aliphatic rings. The van der Waals surface area contributed by atoms with Crippen LogP contribution < -0.4 is 5.73 Å². The summed E-state index contributed by atoms with van der Waals surface area (Å²) in [5, 5.41) is 0.997. The number of anilines is 1. The molecule has 0 radical (unpaired) electrons. The average molecular weight is 235 g/mol. The molecule has 0 aliphatic heterocycles. The average Bonchev–Trinajstić information content (AvgIpc) is 2.56. The summed E-state index contributed by atoms with van der Waals surface area (Å²) in [4.78, 5) is 1.52. The van der Waals surface area contributed by atoms with Gasteiger partial charge < -0.3 is 5.73 Å². The highest BCUT2D eigenvalue weighted by Gasteiger charge is 2.24. The number of nitrogen functional groups attached to an aromatic ring is 1. The predicted octanol–water partition coefficient (Wildman–Crippen LogP) is 4.58. The number of fused-ring (bicyclic) bond motifs is 1. The standard InChI is InChI=1S/C14H21NS/c1-4-6-9(2)12-11-8-5-7-10(3)13(11)16-14(12)15/h10H,2,4-8,15H2,1,3H3. The monoisotopic (exact) mass is 235 g/mol. The van der Waals surface area contributed by atoms with E-state index in [1.165, 1.54) is 40.8 Å². The molecular weight excluding hydrogens is 214 g/mol. The van der Waals surface area contributed by atoms with E-state index < -0.39 is 0 Å². The number of hydrogen-bond acceptors (Lipinski definition) is 2. The highest BCUT2D eigenvalue weighted by Crippen LogP contribution is 2.44. The molecule has 0 spiro atoms. The van der Waals surface area contributed by atoms with Crippen LogP contribution >= 0.6 is 11.3 Å². The maximum Gasteiger partial charge on any atom is 0.0938 e. The van der Waals surface area contributed by atoms with Crippen LogP contribution in [0.1, 0.15) is 61.5 Å². The summed E-state index contributed by atoms with van der Waals surface area (Å²) >= 11 is 1.80. The Hall–Kier alpha value is -0.760. The zero-order valence-electron chi connectivity index (χ0n) is 10.3. The molecule has 2 rings (SSSR count).